The smallest absolute Gasteiger partial charge is 0.329 e. The van der Waals surface area contributed by atoms with Crippen molar-refractivity contribution in [1.29, 1.82) is 0 Å². The van der Waals surface area contributed by atoms with Gasteiger partial charge >= 0.3 is 5.97 Å². The fourth-order valence-corrected chi connectivity index (χ4v) is 4.22. The molecule has 0 bridgehead atoms. The lowest BCUT2D eigenvalue weighted by atomic mass is 9.81. The number of amides is 3. The molecule has 1 saturated carbocycles. The number of benzene rings is 1. The standard InChI is InChI=1S/C21H24N2O7/c1-11(23-19(25)14-5-3-4-6-15(14)20(23)26)21(27)30-12(2)18(24)22-13-7-8-16-17(9-13)29-10-28-16/h7-9,11-12,14-15H,3-6,10H2,1-2H3,(H,22,24)/t11-,12-,14+,15+/m0/s1. The molecule has 0 aromatic heterocycles. The minimum atomic E-state index is -1.11. The summed E-state index contributed by atoms with van der Waals surface area (Å²) in [5, 5.41) is 2.64. The van der Waals surface area contributed by atoms with Crippen molar-refractivity contribution in [3.63, 3.8) is 0 Å². The molecule has 160 valence electrons. The summed E-state index contributed by atoms with van der Waals surface area (Å²) < 4.78 is 15.7. The molecule has 1 N–H and O–H groups in total. The molecule has 3 amide bonds. The Kier molecular flexibility index (Phi) is 5.36. The van der Waals surface area contributed by atoms with Crippen molar-refractivity contribution >= 4 is 29.4 Å². The van der Waals surface area contributed by atoms with Gasteiger partial charge in [0.25, 0.3) is 5.91 Å². The molecule has 1 aliphatic carbocycles. The summed E-state index contributed by atoms with van der Waals surface area (Å²) in [7, 11) is 0. The zero-order valence-electron chi connectivity index (χ0n) is 16.9. The van der Waals surface area contributed by atoms with E-state index in [2.05, 4.69) is 5.32 Å². The summed E-state index contributed by atoms with van der Waals surface area (Å²) in [5.74, 6) is -1.54. The molecule has 2 aliphatic heterocycles. The van der Waals surface area contributed by atoms with Gasteiger partial charge in [0, 0.05) is 11.8 Å². The van der Waals surface area contributed by atoms with E-state index in [1.165, 1.54) is 13.8 Å². The third-order valence-corrected chi connectivity index (χ3v) is 5.91. The summed E-state index contributed by atoms with van der Waals surface area (Å²) in [6, 6.07) is 3.85. The average Bonchev–Trinajstić information content (AvgIpc) is 3.30. The van der Waals surface area contributed by atoms with Gasteiger partial charge in [-0.2, -0.15) is 0 Å². The highest BCUT2D eigenvalue weighted by atomic mass is 16.7. The van der Waals surface area contributed by atoms with E-state index in [0.29, 0.717) is 30.0 Å². The first kappa shape index (κ1) is 20.2. The molecule has 2 fully saturated rings. The Morgan fingerprint density at radius 3 is 2.37 bits per heavy atom. The summed E-state index contributed by atoms with van der Waals surface area (Å²) in [6.07, 6.45) is 2.04. The van der Waals surface area contributed by atoms with Crippen molar-refractivity contribution < 1.29 is 33.4 Å². The van der Waals surface area contributed by atoms with Gasteiger partial charge < -0.3 is 19.5 Å². The molecular weight excluding hydrogens is 392 g/mol. The molecule has 30 heavy (non-hydrogen) atoms. The molecule has 4 atom stereocenters. The largest absolute Gasteiger partial charge is 0.454 e. The molecular formula is C21H24N2O7. The Morgan fingerprint density at radius 2 is 1.70 bits per heavy atom. The molecule has 9 nitrogen and oxygen atoms in total. The van der Waals surface area contributed by atoms with Gasteiger partial charge in [0.2, 0.25) is 18.6 Å². The zero-order chi connectivity index (χ0) is 21.4. The number of hydrogen-bond acceptors (Lipinski definition) is 7. The Bertz CT molecular complexity index is 875. The van der Waals surface area contributed by atoms with Gasteiger partial charge in [-0.3, -0.25) is 19.3 Å². The van der Waals surface area contributed by atoms with Crippen LogP contribution in [0.25, 0.3) is 0 Å². The van der Waals surface area contributed by atoms with E-state index in [-0.39, 0.29) is 30.4 Å². The van der Waals surface area contributed by atoms with Crippen molar-refractivity contribution in [2.45, 2.75) is 51.7 Å². The van der Waals surface area contributed by atoms with Crippen LogP contribution in [-0.2, 0) is 23.9 Å². The lowest BCUT2D eigenvalue weighted by Crippen LogP contribution is -2.46. The fraction of sp³-hybridized carbons (Fsp3) is 0.524. The Morgan fingerprint density at radius 1 is 1.07 bits per heavy atom. The van der Waals surface area contributed by atoms with E-state index in [1.54, 1.807) is 18.2 Å². The van der Waals surface area contributed by atoms with Crippen LogP contribution < -0.4 is 14.8 Å². The SMILES string of the molecule is C[C@H](OC(=O)[C@H](C)N1C(=O)[C@@H]2CCCC[C@H]2C1=O)C(=O)Nc1ccc2c(c1)OCO2. The van der Waals surface area contributed by atoms with Crippen LogP contribution in [0.4, 0.5) is 5.69 Å². The van der Waals surface area contributed by atoms with Crippen LogP contribution in [0.1, 0.15) is 39.5 Å². The molecule has 4 rings (SSSR count). The monoisotopic (exact) mass is 416 g/mol. The first-order valence-corrected chi connectivity index (χ1v) is 10.1. The second-order valence-corrected chi connectivity index (χ2v) is 7.86. The predicted molar refractivity (Wildman–Crippen MR) is 104 cm³/mol. The molecule has 0 spiro atoms. The maximum Gasteiger partial charge on any atom is 0.329 e. The molecule has 1 aromatic carbocycles. The van der Waals surface area contributed by atoms with Crippen LogP contribution >= 0.6 is 0 Å². The molecule has 2 heterocycles. The highest BCUT2D eigenvalue weighted by Crippen LogP contribution is 2.39. The normalized spacial score (nSPS) is 24.3. The molecule has 1 aromatic rings. The quantitative estimate of drug-likeness (QED) is 0.576. The lowest BCUT2D eigenvalue weighted by Gasteiger charge is -2.23. The first-order chi connectivity index (χ1) is 14.4. The molecule has 0 unspecified atom stereocenters. The van der Waals surface area contributed by atoms with Gasteiger partial charge in [-0.15, -0.1) is 0 Å². The van der Waals surface area contributed by atoms with Crippen LogP contribution in [0.15, 0.2) is 18.2 Å². The molecule has 9 heteroatoms. The third kappa shape index (κ3) is 3.59. The van der Waals surface area contributed by atoms with Crippen molar-refractivity contribution in [3.05, 3.63) is 18.2 Å². The minimum Gasteiger partial charge on any atom is -0.454 e. The summed E-state index contributed by atoms with van der Waals surface area (Å²) in [4.78, 5) is 51.3. The van der Waals surface area contributed by atoms with E-state index in [0.717, 1.165) is 17.7 Å². The number of likely N-dealkylation sites (tertiary alicyclic amines) is 1. The van der Waals surface area contributed by atoms with Crippen LogP contribution in [0, 0.1) is 11.8 Å². The number of nitrogens with zero attached hydrogens (tertiary/aromatic N) is 1. The topological polar surface area (TPSA) is 111 Å². The molecule has 1 saturated heterocycles. The van der Waals surface area contributed by atoms with E-state index in [1.807, 2.05) is 0 Å². The van der Waals surface area contributed by atoms with Crippen LogP contribution in [0.5, 0.6) is 11.5 Å². The van der Waals surface area contributed by atoms with E-state index in [9.17, 15) is 19.2 Å². The third-order valence-electron chi connectivity index (χ3n) is 5.91. The Labute approximate surface area is 173 Å². The number of esters is 1. The van der Waals surface area contributed by atoms with Crippen molar-refractivity contribution in [2.75, 3.05) is 12.1 Å². The average molecular weight is 416 g/mol. The predicted octanol–water partition coefficient (Wildman–Crippen LogP) is 1.85. The number of anilines is 1. The highest BCUT2D eigenvalue weighted by molar-refractivity contribution is 6.08. The van der Waals surface area contributed by atoms with Gasteiger partial charge in [0.05, 0.1) is 11.8 Å². The molecule has 3 aliphatic rings. The second-order valence-electron chi connectivity index (χ2n) is 7.86. The van der Waals surface area contributed by atoms with Gasteiger partial charge in [0.1, 0.15) is 6.04 Å². The van der Waals surface area contributed by atoms with Gasteiger partial charge in [0.15, 0.2) is 17.6 Å². The highest BCUT2D eigenvalue weighted by Gasteiger charge is 2.51. The van der Waals surface area contributed by atoms with Crippen LogP contribution in [0.2, 0.25) is 0 Å². The first-order valence-electron chi connectivity index (χ1n) is 10.1. The summed E-state index contributed by atoms with van der Waals surface area (Å²) in [5.41, 5.74) is 0.467. The van der Waals surface area contributed by atoms with Crippen LogP contribution in [0.3, 0.4) is 0 Å². The number of rotatable bonds is 5. The Hall–Kier alpha value is -3.10. The second kappa shape index (κ2) is 7.97. The van der Waals surface area contributed by atoms with Gasteiger partial charge in [-0.05, 0) is 38.8 Å². The maximum atomic E-state index is 12.6. The van der Waals surface area contributed by atoms with Gasteiger partial charge in [-0.25, -0.2) is 4.79 Å². The lowest BCUT2D eigenvalue weighted by molar-refractivity contribution is -0.163. The summed E-state index contributed by atoms with van der Waals surface area (Å²) in [6.45, 7) is 3.01. The zero-order valence-corrected chi connectivity index (χ0v) is 16.9. The minimum absolute atomic E-state index is 0.119. The summed E-state index contributed by atoms with van der Waals surface area (Å²) >= 11 is 0. The van der Waals surface area contributed by atoms with Gasteiger partial charge in [-0.1, -0.05) is 12.8 Å². The van der Waals surface area contributed by atoms with Crippen molar-refractivity contribution in [2.24, 2.45) is 11.8 Å². The number of imide groups is 1. The van der Waals surface area contributed by atoms with E-state index in [4.69, 9.17) is 14.2 Å². The van der Waals surface area contributed by atoms with Crippen molar-refractivity contribution in [3.8, 4) is 11.5 Å². The maximum absolute atomic E-state index is 12.6. The number of ether oxygens (including phenoxy) is 3. The van der Waals surface area contributed by atoms with E-state index >= 15 is 0 Å². The number of carbonyl (C=O) groups is 4. The Balaban J connectivity index is 1.36. The van der Waals surface area contributed by atoms with E-state index < -0.39 is 24.0 Å². The number of nitrogens with one attached hydrogen (secondary N) is 1. The fourth-order valence-electron chi connectivity index (χ4n) is 4.22. The number of fused-ring (bicyclic) bond motifs is 2. The molecule has 0 radical (unpaired) electrons. The van der Waals surface area contributed by atoms with Crippen LogP contribution in [-0.4, -0.2) is 47.5 Å². The number of carbonyl (C=O) groups excluding carboxylic acids is 4. The number of hydrogen-bond donors (Lipinski definition) is 1. The van der Waals surface area contributed by atoms with Crippen molar-refractivity contribution in [1.82, 2.24) is 4.90 Å².